The molecular weight excluding hydrogens is 272 g/mol. The minimum Gasteiger partial charge on any atom is -0.325 e. The number of carbonyl (C=O) groups excluding carboxylic acids is 1. The molecule has 1 aliphatic carbocycles. The van der Waals surface area contributed by atoms with Gasteiger partial charge >= 0.3 is 0 Å². The molecule has 1 amide bonds. The molecule has 108 valence electrons. The van der Waals surface area contributed by atoms with Gasteiger partial charge in [0.05, 0.1) is 5.92 Å². The van der Waals surface area contributed by atoms with E-state index in [4.69, 9.17) is 0 Å². The Labute approximate surface area is 121 Å². The van der Waals surface area contributed by atoms with Gasteiger partial charge in [-0.1, -0.05) is 18.2 Å². The van der Waals surface area contributed by atoms with Gasteiger partial charge in [0.1, 0.15) is 11.6 Å². The average Bonchev–Trinajstić information content (AvgIpc) is 3.26. The van der Waals surface area contributed by atoms with Crippen LogP contribution in [0, 0.1) is 17.6 Å². The van der Waals surface area contributed by atoms with Crippen molar-refractivity contribution in [2.75, 3.05) is 5.32 Å². The SMILES string of the molecule is O=C(Nc1cccc(F)c1)C(c1ccc(F)cc1)C1CC1. The molecule has 2 aromatic carbocycles. The van der Waals surface area contributed by atoms with Crippen molar-refractivity contribution < 1.29 is 13.6 Å². The first-order valence-electron chi connectivity index (χ1n) is 6.95. The summed E-state index contributed by atoms with van der Waals surface area (Å²) < 4.78 is 26.2. The third kappa shape index (κ3) is 3.27. The standard InChI is InChI=1S/C17H15F2NO/c18-13-8-6-12(7-9-13)16(11-4-5-11)17(21)20-15-3-1-2-14(19)10-15/h1-3,6-11,16H,4-5H2,(H,20,21). The summed E-state index contributed by atoms with van der Waals surface area (Å²) in [5.74, 6) is -0.913. The molecule has 21 heavy (non-hydrogen) atoms. The van der Waals surface area contributed by atoms with Crippen molar-refractivity contribution in [1.29, 1.82) is 0 Å². The van der Waals surface area contributed by atoms with E-state index in [-0.39, 0.29) is 23.6 Å². The minimum absolute atomic E-state index is 0.172. The molecule has 0 aromatic heterocycles. The highest BCUT2D eigenvalue weighted by Gasteiger charge is 2.37. The van der Waals surface area contributed by atoms with Crippen LogP contribution in [0.1, 0.15) is 24.3 Å². The van der Waals surface area contributed by atoms with E-state index in [9.17, 15) is 13.6 Å². The molecule has 1 fully saturated rings. The molecule has 0 radical (unpaired) electrons. The fraction of sp³-hybridized carbons (Fsp3) is 0.235. The number of benzene rings is 2. The van der Waals surface area contributed by atoms with E-state index >= 15 is 0 Å². The number of halogens is 2. The normalized spacial score (nSPS) is 15.5. The third-order valence-corrected chi connectivity index (χ3v) is 3.70. The van der Waals surface area contributed by atoms with Crippen molar-refractivity contribution in [3.05, 3.63) is 65.7 Å². The number of hydrogen-bond donors (Lipinski definition) is 1. The second-order valence-electron chi connectivity index (χ2n) is 5.37. The first kappa shape index (κ1) is 13.7. The lowest BCUT2D eigenvalue weighted by Crippen LogP contribution is -2.22. The number of amides is 1. The van der Waals surface area contributed by atoms with Gasteiger partial charge in [-0.2, -0.15) is 0 Å². The molecule has 1 saturated carbocycles. The minimum atomic E-state index is -0.391. The van der Waals surface area contributed by atoms with E-state index < -0.39 is 5.82 Å². The van der Waals surface area contributed by atoms with Crippen molar-refractivity contribution in [3.63, 3.8) is 0 Å². The maximum absolute atomic E-state index is 13.2. The molecule has 2 nitrogen and oxygen atoms in total. The van der Waals surface area contributed by atoms with Crippen LogP contribution in [-0.2, 0) is 4.79 Å². The van der Waals surface area contributed by atoms with Crippen LogP contribution in [0.25, 0.3) is 0 Å². The fourth-order valence-corrected chi connectivity index (χ4v) is 2.52. The molecule has 2 aromatic rings. The van der Waals surface area contributed by atoms with Crippen molar-refractivity contribution in [2.24, 2.45) is 5.92 Å². The van der Waals surface area contributed by atoms with Gasteiger partial charge in [0.15, 0.2) is 0 Å². The van der Waals surface area contributed by atoms with Crippen LogP contribution < -0.4 is 5.32 Å². The summed E-state index contributed by atoms with van der Waals surface area (Å²) >= 11 is 0. The average molecular weight is 287 g/mol. The molecule has 0 spiro atoms. The van der Waals surface area contributed by atoms with Crippen LogP contribution in [0.3, 0.4) is 0 Å². The number of nitrogens with one attached hydrogen (secondary N) is 1. The van der Waals surface area contributed by atoms with Gasteiger partial charge < -0.3 is 5.32 Å². The Morgan fingerprint density at radius 2 is 1.76 bits per heavy atom. The van der Waals surface area contributed by atoms with Crippen LogP contribution in [0.5, 0.6) is 0 Å². The maximum Gasteiger partial charge on any atom is 0.232 e. The number of carbonyl (C=O) groups is 1. The van der Waals surface area contributed by atoms with Crippen LogP contribution in [-0.4, -0.2) is 5.91 Å². The van der Waals surface area contributed by atoms with Gasteiger partial charge in [-0.25, -0.2) is 8.78 Å². The Balaban J connectivity index is 1.81. The molecule has 0 heterocycles. The highest BCUT2D eigenvalue weighted by Crippen LogP contribution is 2.43. The molecule has 4 heteroatoms. The second kappa shape index (κ2) is 5.64. The summed E-state index contributed by atoms with van der Waals surface area (Å²) in [5.41, 5.74) is 1.24. The Morgan fingerprint density at radius 1 is 1.05 bits per heavy atom. The second-order valence-corrected chi connectivity index (χ2v) is 5.37. The van der Waals surface area contributed by atoms with Crippen LogP contribution in [0.2, 0.25) is 0 Å². The Morgan fingerprint density at radius 3 is 2.38 bits per heavy atom. The van der Waals surface area contributed by atoms with E-state index in [1.54, 1.807) is 24.3 Å². The highest BCUT2D eigenvalue weighted by molar-refractivity contribution is 5.96. The summed E-state index contributed by atoms with van der Waals surface area (Å²) in [4.78, 5) is 12.5. The first-order valence-corrected chi connectivity index (χ1v) is 6.95. The quantitative estimate of drug-likeness (QED) is 0.901. The molecule has 1 atom stereocenters. The highest BCUT2D eigenvalue weighted by atomic mass is 19.1. The van der Waals surface area contributed by atoms with Gasteiger partial charge in [-0.15, -0.1) is 0 Å². The molecule has 1 N–H and O–H groups in total. The van der Waals surface area contributed by atoms with Gasteiger partial charge in [0.2, 0.25) is 5.91 Å². The summed E-state index contributed by atoms with van der Waals surface area (Å²) in [7, 11) is 0. The predicted molar refractivity (Wildman–Crippen MR) is 76.9 cm³/mol. The van der Waals surface area contributed by atoms with Crippen molar-refractivity contribution in [2.45, 2.75) is 18.8 Å². The summed E-state index contributed by atoms with van der Waals surface area (Å²) in [6.07, 6.45) is 1.97. The largest absolute Gasteiger partial charge is 0.325 e. The van der Waals surface area contributed by atoms with Crippen molar-refractivity contribution in [3.8, 4) is 0 Å². The van der Waals surface area contributed by atoms with Gasteiger partial charge in [0.25, 0.3) is 0 Å². The van der Waals surface area contributed by atoms with E-state index in [1.165, 1.54) is 24.3 Å². The smallest absolute Gasteiger partial charge is 0.232 e. The number of rotatable bonds is 4. The van der Waals surface area contributed by atoms with Crippen LogP contribution in [0.15, 0.2) is 48.5 Å². The number of hydrogen-bond acceptors (Lipinski definition) is 1. The summed E-state index contributed by atoms with van der Waals surface area (Å²) in [5, 5.41) is 2.74. The lowest BCUT2D eigenvalue weighted by atomic mass is 9.93. The van der Waals surface area contributed by atoms with E-state index in [0.717, 1.165) is 18.4 Å². The molecule has 3 rings (SSSR count). The maximum atomic E-state index is 13.2. The Bertz CT molecular complexity index is 650. The lowest BCUT2D eigenvalue weighted by Gasteiger charge is -2.16. The topological polar surface area (TPSA) is 29.1 Å². The van der Waals surface area contributed by atoms with Crippen molar-refractivity contribution >= 4 is 11.6 Å². The molecule has 0 aliphatic heterocycles. The third-order valence-electron chi connectivity index (χ3n) is 3.70. The van der Waals surface area contributed by atoms with E-state index in [0.29, 0.717) is 5.69 Å². The van der Waals surface area contributed by atoms with E-state index in [1.807, 2.05) is 0 Å². The van der Waals surface area contributed by atoms with Gasteiger partial charge in [-0.3, -0.25) is 4.79 Å². The molecular formula is C17H15F2NO. The van der Waals surface area contributed by atoms with Gasteiger partial charge in [-0.05, 0) is 54.7 Å². The van der Waals surface area contributed by atoms with Crippen LogP contribution >= 0.6 is 0 Å². The summed E-state index contributed by atoms with van der Waals surface area (Å²) in [6.45, 7) is 0. The van der Waals surface area contributed by atoms with E-state index in [2.05, 4.69) is 5.32 Å². The van der Waals surface area contributed by atoms with Crippen molar-refractivity contribution in [1.82, 2.24) is 0 Å². The zero-order valence-corrected chi connectivity index (χ0v) is 11.4. The Kier molecular flexibility index (Phi) is 3.69. The molecule has 1 aliphatic rings. The fourth-order valence-electron chi connectivity index (χ4n) is 2.52. The Hall–Kier alpha value is -2.23. The number of anilines is 1. The zero-order valence-electron chi connectivity index (χ0n) is 11.4. The summed E-state index contributed by atoms with van der Waals surface area (Å²) in [6, 6.07) is 11.8. The zero-order chi connectivity index (χ0) is 14.8. The molecule has 0 bridgehead atoms. The predicted octanol–water partition coefficient (Wildman–Crippen LogP) is 4.10. The lowest BCUT2D eigenvalue weighted by molar-refractivity contribution is -0.118. The molecule has 0 saturated heterocycles. The monoisotopic (exact) mass is 287 g/mol. The van der Waals surface area contributed by atoms with Gasteiger partial charge in [0, 0.05) is 5.69 Å². The van der Waals surface area contributed by atoms with Crippen LogP contribution in [0.4, 0.5) is 14.5 Å². The molecule has 1 unspecified atom stereocenters. The first-order chi connectivity index (χ1) is 10.1.